The van der Waals surface area contributed by atoms with Gasteiger partial charge in [-0.05, 0) is 37.5 Å². The monoisotopic (exact) mass is 443 g/mol. The number of amides is 1. The fourth-order valence-electron chi connectivity index (χ4n) is 4.09. The van der Waals surface area contributed by atoms with E-state index in [1.807, 2.05) is 31.2 Å². The smallest absolute Gasteiger partial charge is 0.338 e. The van der Waals surface area contributed by atoms with E-state index in [1.165, 1.54) is 26.4 Å². The largest absolute Gasteiger partial charge is 0.466 e. The van der Waals surface area contributed by atoms with Crippen LogP contribution in [-0.4, -0.2) is 41.4 Å². The van der Waals surface area contributed by atoms with Crippen LogP contribution in [0.3, 0.4) is 0 Å². The minimum Gasteiger partial charge on any atom is -0.466 e. The quantitative estimate of drug-likeness (QED) is 0.415. The summed E-state index contributed by atoms with van der Waals surface area (Å²) in [4.78, 5) is 31.9. The van der Waals surface area contributed by atoms with E-state index in [2.05, 4.69) is 22.1 Å². The van der Waals surface area contributed by atoms with Crippen LogP contribution in [0.1, 0.15) is 70.4 Å². The highest BCUT2D eigenvalue weighted by molar-refractivity contribution is 8.13. The molecule has 7 heteroatoms. The van der Waals surface area contributed by atoms with Gasteiger partial charge in [0, 0.05) is 24.4 Å². The Balaban J connectivity index is 1.78. The van der Waals surface area contributed by atoms with Crippen LogP contribution in [0, 0.1) is 0 Å². The summed E-state index contributed by atoms with van der Waals surface area (Å²) in [6.45, 7) is 4.88. The number of rotatable bonds is 9. The van der Waals surface area contributed by atoms with Gasteiger partial charge in [0.25, 0.3) is 0 Å². The number of carbonyl (C=O) groups excluding carboxylic acids is 2. The Morgan fingerprint density at radius 1 is 1.26 bits per heavy atom. The number of unbranched alkanes of at least 4 members (excludes halogenated alkanes) is 4. The minimum atomic E-state index is -0.359. The summed E-state index contributed by atoms with van der Waals surface area (Å²) in [5.41, 5.74) is 2.97. The minimum absolute atomic E-state index is 0.0352. The van der Waals surface area contributed by atoms with E-state index in [0.29, 0.717) is 17.7 Å². The van der Waals surface area contributed by atoms with Crippen molar-refractivity contribution in [1.82, 2.24) is 4.90 Å². The first-order chi connectivity index (χ1) is 15.0. The molecular weight excluding hydrogens is 410 g/mol. The van der Waals surface area contributed by atoms with E-state index >= 15 is 0 Å². The molecule has 1 aromatic carbocycles. The molecule has 1 atom stereocenters. The van der Waals surface area contributed by atoms with E-state index in [0.717, 1.165) is 48.0 Å². The van der Waals surface area contributed by atoms with Crippen LogP contribution in [0.25, 0.3) is 0 Å². The van der Waals surface area contributed by atoms with Crippen LogP contribution in [0.4, 0.5) is 5.69 Å². The zero-order valence-corrected chi connectivity index (χ0v) is 19.6. The Hall–Kier alpha value is -2.28. The van der Waals surface area contributed by atoms with E-state index in [4.69, 9.17) is 4.74 Å². The average Bonchev–Trinajstić information content (AvgIpc) is 2.77. The van der Waals surface area contributed by atoms with Gasteiger partial charge in [0.15, 0.2) is 5.17 Å². The van der Waals surface area contributed by atoms with E-state index < -0.39 is 0 Å². The van der Waals surface area contributed by atoms with Crippen molar-refractivity contribution in [3.05, 3.63) is 41.1 Å². The molecule has 1 amide bonds. The van der Waals surface area contributed by atoms with Crippen LogP contribution < -0.4 is 5.32 Å². The number of anilines is 1. The highest BCUT2D eigenvalue weighted by atomic mass is 32.2. The van der Waals surface area contributed by atoms with Crippen LogP contribution in [0.2, 0.25) is 0 Å². The summed E-state index contributed by atoms with van der Waals surface area (Å²) in [7, 11) is 1.40. The number of thioether (sulfide) groups is 1. The standard InChI is InChI=1S/C24H33N3O3S/c1-4-5-6-7-8-13-20(28)26-19-12-9-11-18(16-19)22-21(23(29)30-3)17(2)25-24-27(22)14-10-15-31-24/h9,11-12,16,22H,4-8,10,13-15H2,1-3H3,(H,26,28). The SMILES string of the molecule is CCCCCCCC(=O)Nc1cccc(C2C(C(=O)OC)=C(C)N=C3SCCCN32)c1. The van der Waals surface area contributed by atoms with Crippen LogP contribution in [-0.2, 0) is 14.3 Å². The Morgan fingerprint density at radius 2 is 2.06 bits per heavy atom. The van der Waals surface area contributed by atoms with Gasteiger partial charge in [-0.1, -0.05) is 56.5 Å². The molecule has 1 saturated heterocycles. The molecule has 0 saturated carbocycles. The molecule has 31 heavy (non-hydrogen) atoms. The lowest BCUT2D eigenvalue weighted by atomic mass is 9.94. The number of hydrogen-bond donors (Lipinski definition) is 1. The molecule has 2 heterocycles. The van der Waals surface area contributed by atoms with Gasteiger partial charge >= 0.3 is 5.97 Å². The number of hydrogen-bond acceptors (Lipinski definition) is 6. The number of methoxy groups -OCH3 is 1. The maximum atomic E-state index is 12.6. The van der Waals surface area contributed by atoms with Gasteiger partial charge < -0.3 is 15.0 Å². The third-order valence-electron chi connectivity index (χ3n) is 5.66. The third kappa shape index (κ3) is 5.91. The zero-order chi connectivity index (χ0) is 22.2. The van der Waals surface area contributed by atoms with Gasteiger partial charge in [0.2, 0.25) is 5.91 Å². The van der Waals surface area contributed by atoms with Gasteiger partial charge in [-0.15, -0.1) is 0 Å². The van der Waals surface area contributed by atoms with Crippen molar-refractivity contribution in [3.63, 3.8) is 0 Å². The molecule has 0 aromatic heterocycles. The maximum absolute atomic E-state index is 12.6. The lowest BCUT2D eigenvalue weighted by Gasteiger charge is -2.40. The summed E-state index contributed by atoms with van der Waals surface area (Å²) in [5.74, 6) is 0.701. The first-order valence-corrected chi connectivity index (χ1v) is 12.2. The molecule has 0 bridgehead atoms. The Bertz CT molecular complexity index is 865. The predicted octanol–water partition coefficient (Wildman–Crippen LogP) is 5.28. The number of carbonyl (C=O) groups is 2. The molecule has 0 radical (unpaired) electrons. The van der Waals surface area contributed by atoms with Crippen LogP contribution >= 0.6 is 11.8 Å². The summed E-state index contributed by atoms with van der Waals surface area (Å²) < 4.78 is 5.09. The average molecular weight is 444 g/mol. The number of aliphatic imine (C=N–C) groups is 1. The second-order valence-electron chi connectivity index (χ2n) is 8.02. The van der Waals surface area contributed by atoms with E-state index in [-0.39, 0.29) is 17.9 Å². The van der Waals surface area contributed by atoms with Crippen molar-refractivity contribution in [2.45, 2.75) is 64.8 Å². The second kappa shape index (κ2) is 11.4. The fraction of sp³-hybridized carbons (Fsp3) is 0.542. The second-order valence-corrected chi connectivity index (χ2v) is 9.08. The first-order valence-electron chi connectivity index (χ1n) is 11.2. The van der Waals surface area contributed by atoms with Crippen LogP contribution in [0.15, 0.2) is 40.5 Å². The van der Waals surface area contributed by atoms with Crippen molar-refractivity contribution in [1.29, 1.82) is 0 Å². The highest BCUT2D eigenvalue weighted by Crippen LogP contribution is 2.40. The van der Waals surface area contributed by atoms with Gasteiger partial charge in [-0.25, -0.2) is 9.79 Å². The molecule has 0 aliphatic carbocycles. The molecule has 6 nitrogen and oxygen atoms in total. The number of fused-ring (bicyclic) bond motifs is 1. The van der Waals surface area contributed by atoms with Crippen molar-refractivity contribution >= 4 is 34.5 Å². The van der Waals surface area contributed by atoms with Crippen molar-refractivity contribution in [3.8, 4) is 0 Å². The molecule has 3 rings (SSSR count). The van der Waals surface area contributed by atoms with Gasteiger partial charge in [0.1, 0.15) is 0 Å². The molecule has 2 aliphatic rings. The maximum Gasteiger partial charge on any atom is 0.338 e. The Labute approximate surface area is 189 Å². The number of nitrogens with one attached hydrogen (secondary N) is 1. The third-order valence-corrected chi connectivity index (χ3v) is 6.73. The summed E-state index contributed by atoms with van der Waals surface area (Å²) >= 11 is 1.72. The highest BCUT2D eigenvalue weighted by Gasteiger charge is 2.37. The molecule has 1 fully saturated rings. The Morgan fingerprint density at radius 3 is 2.84 bits per heavy atom. The van der Waals surface area contributed by atoms with Crippen LogP contribution in [0.5, 0.6) is 0 Å². The van der Waals surface area contributed by atoms with E-state index in [1.54, 1.807) is 11.8 Å². The number of benzene rings is 1. The summed E-state index contributed by atoms with van der Waals surface area (Å²) in [5, 5.41) is 3.98. The fourth-order valence-corrected chi connectivity index (χ4v) is 5.11. The number of nitrogens with zero attached hydrogens (tertiary/aromatic N) is 2. The summed E-state index contributed by atoms with van der Waals surface area (Å²) in [6.07, 6.45) is 7.16. The van der Waals surface area contributed by atoms with E-state index in [9.17, 15) is 9.59 Å². The van der Waals surface area contributed by atoms with Crippen molar-refractivity contribution in [2.75, 3.05) is 24.7 Å². The van der Waals surface area contributed by atoms with Gasteiger partial charge in [0.05, 0.1) is 24.4 Å². The van der Waals surface area contributed by atoms with Gasteiger partial charge in [-0.3, -0.25) is 4.79 Å². The molecule has 1 aromatic rings. The number of ether oxygens (including phenoxy) is 1. The molecule has 168 valence electrons. The number of amidine groups is 1. The number of esters is 1. The zero-order valence-electron chi connectivity index (χ0n) is 18.8. The predicted molar refractivity (Wildman–Crippen MR) is 127 cm³/mol. The lowest BCUT2D eigenvalue weighted by Crippen LogP contribution is -2.42. The molecule has 0 spiro atoms. The summed E-state index contributed by atoms with van der Waals surface area (Å²) in [6, 6.07) is 7.54. The Kier molecular flexibility index (Phi) is 8.58. The molecule has 1 N–H and O–H groups in total. The van der Waals surface area contributed by atoms with Crippen molar-refractivity contribution < 1.29 is 14.3 Å². The molecule has 1 unspecified atom stereocenters. The normalized spacial score (nSPS) is 18.4. The molecular formula is C24H33N3O3S. The van der Waals surface area contributed by atoms with Crippen molar-refractivity contribution in [2.24, 2.45) is 4.99 Å². The lowest BCUT2D eigenvalue weighted by molar-refractivity contribution is -0.137. The topological polar surface area (TPSA) is 71.0 Å². The van der Waals surface area contributed by atoms with Gasteiger partial charge in [-0.2, -0.15) is 0 Å². The number of allylic oxidation sites excluding steroid dienone is 1. The first kappa shape index (κ1) is 23.4. The molecule has 2 aliphatic heterocycles.